The summed E-state index contributed by atoms with van der Waals surface area (Å²) in [5.74, 6) is -0.419. The van der Waals surface area contributed by atoms with Crippen LogP contribution >= 0.6 is 15.9 Å². The van der Waals surface area contributed by atoms with E-state index < -0.39 is 16.0 Å². The third kappa shape index (κ3) is 4.45. The van der Waals surface area contributed by atoms with E-state index in [0.717, 1.165) is 5.56 Å². The Bertz CT molecular complexity index is 484. The Hall–Kier alpha value is -0.920. The van der Waals surface area contributed by atoms with Crippen LogP contribution in [0.15, 0.2) is 24.3 Å². The number of benzene rings is 1. The van der Waals surface area contributed by atoms with Gasteiger partial charge in [0, 0.05) is 6.54 Å². The van der Waals surface area contributed by atoms with E-state index in [2.05, 4.69) is 25.4 Å². The van der Waals surface area contributed by atoms with E-state index in [4.69, 9.17) is 0 Å². The summed E-state index contributed by atoms with van der Waals surface area (Å²) in [6.45, 7) is 0.190. The van der Waals surface area contributed by atoms with Crippen molar-refractivity contribution in [3.8, 4) is 0 Å². The Kier molecular flexibility index (Phi) is 5.10. The molecule has 0 saturated heterocycles. The zero-order chi connectivity index (χ0) is 12.9. The van der Waals surface area contributed by atoms with Crippen molar-refractivity contribution in [2.75, 3.05) is 11.8 Å². The molecule has 0 aromatic heterocycles. The first-order valence-electron chi connectivity index (χ1n) is 4.69. The molecule has 5 nitrogen and oxygen atoms in total. The summed E-state index contributed by atoms with van der Waals surface area (Å²) in [5, 5.41) is 0. The number of ether oxygens (including phenoxy) is 1. The Morgan fingerprint density at radius 2 is 1.94 bits per heavy atom. The number of methoxy groups -OCH3 is 1. The number of hydrogen-bond donors (Lipinski definition) is 1. The molecule has 0 amide bonds. The lowest BCUT2D eigenvalue weighted by Crippen LogP contribution is -2.23. The highest BCUT2D eigenvalue weighted by atomic mass is 79.9. The van der Waals surface area contributed by atoms with Crippen LogP contribution in [0.4, 0.5) is 0 Å². The second-order valence-electron chi connectivity index (χ2n) is 3.23. The van der Waals surface area contributed by atoms with Crippen LogP contribution in [0, 0.1) is 0 Å². The van der Waals surface area contributed by atoms with Crippen LogP contribution in [0.2, 0.25) is 0 Å². The van der Waals surface area contributed by atoms with Crippen LogP contribution in [-0.2, 0) is 21.3 Å². The van der Waals surface area contributed by atoms with Crippen LogP contribution in [0.5, 0.6) is 0 Å². The fraction of sp³-hybridized carbons (Fsp3) is 0.300. The van der Waals surface area contributed by atoms with Crippen molar-refractivity contribution in [1.29, 1.82) is 0 Å². The van der Waals surface area contributed by atoms with Crippen molar-refractivity contribution < 1.29 is 17.9 Å². The van der Waals surface area contributed by atoms with E-state index in [-0.39, 0.29) is 11.2 Å². The molecule has 0 saturated carbocycles. The molecule has 1 N–H and O–H groups in total. The Balaban J connectivity index is 2.66. The summed E-state index contributed by atoms with van der Waals surface area (Å²) < 4.78 is 29.1. The first kappa shape index (κ1) is 14.1. The predicted octanol–water partition coefficient (Wildman–Crippen LogP) is 1.25. The summed E-state index contributed by atoms with van der Waals surface area (Å²) >= 11 is 2.87. The number of nitrogens with one attached hydrogen (secondary N) is 1. The molecule has 0 bridgehead atoms. The standard InChI is InChI=1S/C10H12BrNO4S/c1-16-10(13)9-4-2-8(3-5-9)6-12-17(14,15)7-11/h2-5,12H,6-7H2,1H3. The largest absolute Gasteiger partial charge is 0.465 e. The number of carbonyl (C=O) groups is 1. The Morgan fingerprint density at radius 1 is 1.35 bits per heavy atom. The summed E-state index contributed by atoms with van der Waals surface area (Å²) in [4.78, 5) is 11.1. The quantitative estimate of drug-likeness (QED) is 0.654. The minimum absolute atomic E-state index is 0.139. The topological polar surface area (TPSA) is 72.5 Å². The smallest absolute Gasteiger partial charge is 0.337 e. The average molecular weight is 322 g/mol. The van der Waals surface area contributed by atoms with Gasteiger partial charge in [0.2, 0.25) is 10.0 Å². The molecular weight excluding hydrogens is 310 g/mol. The van der Waals surface area contributed by atoms with E-state index in [1.807, 2.05) is 0 Å². The highest BCUT2D eigenvalue weighted by Crippen LogP contribution is 2.06. The average Bonchev–Trinajstić information content (AvgIpc) is 2.36. The van der Waals surface area contributed by atoms with Gasteiger partial charge in [-0.05, 0) is 17.7 Å². The van der Waals surface area contributed by atoms with Crippen LogP contribution in [-0.4, -0.2) is 26.2 Å². The number of esters is 1. The molecule has 1 aromatic carbocycles. The van der Waals surface area contributed by atoms with Crippen LogP contribution < -0.4 is 4.72 Å². The highest BCUT2D eigenvalue weighted by Gasteiger charge is 2.08. The van der Waals surface area contributed by atoms with Gasteiger partial charge in [0.15, 0.2) is 0 Å². The predicted molar refractivity (Wildman–Crippen MR) is 67.3 cm³/mol. The molecule has 1 aromatic rings. The van der Waals surface area contributed by atoms with E-state index in [1.54, 1.807) is 24.3 Å². The normalized spacial score (nSPS) is 11.2. The highest BCUT2D eigenvalue weighted by molar-refractivity contribution is 9.10. The fourth-order valence-electron chi connectivity index (χ4n) is 1.11. The zero-order valence-corrected chi connectivity index (χ0v) is 11.5. The molecule has 17 heavy (non-hydrogen) atoms. The van der Waals surface area contributed by atoms with Crippen molar-refractivity contribution >= 4 is 31.9 Å². The van der Waals surface area contributed by atoms with Crippen molar-refractivity contribution in [2.45, 2.75) is 6.54 Å². The molecule has 94 valence electrons. The lowest BCUT2D eigenvalue weighted by Gasteiger charge is -2.04. The summed E-state index contributed by atoms with van der Waals surface area (Å²) in [6, 6.07) is 6.51. The van der Waals surface area contributed by atoms with Gasteiger partial charge < -0.3 is 4.74 Å². The van der Waals surface area contributed by atoms with Crippen molar-refractivity contribution in [1.82, 2.24) is 4.72 Å². The monoisotopic (exact) mass is 321 g/mol. The fourth-order valence-corrected chi connectivity index (χ4v) is 2.06. The number of alkyl halides is 1. The minimum atomic E-state index is -3.27. The van der Waals surface area contributed by atoms with Crippen LogP contribution in [0.1, 0.15) is 15.9 Å². The molecular formula is C10H12BrNO4S. The van der Waals surface area contributed by atoms with Gasteiger partial charge in [0.25, 0.3) is 0 Å². The summed E-state index contributed by atoms with van der Waals surface area (Å²) in [5.41, 5.74) is 1.20. The van der Waals surface area contributed by atoms with Crippen molar-refractivity contribution in [3.05, 3.63) is 35.4 Å². The van der Waals surface area contributed by atoms with E-state index in [1.165, 1.54) is 7.11 Å². The second kappa shape index (κ2) is 6.13. The van der Waals surface area contributed by atoms with Gasteiger partial charge in [-0.3, -0.25) is 0 Å². The molecule has 0 unspecified atom stereocenters. The SMILES string of the molecule is COC(=O)c1ccc(CNS(=O)(=O)CBr)cc1. The Morgan fingerprint density at radius 3 is 2.41 bits per heavy atom. The van der Waals surface area contributed by atoms with Gasteiger partial charge in [-0.15, -0.1) is 0 Å². The number of rotatable bonds is 5. The second-order valence-corrected chi connectivity index (χ2v) is 6.34. The molecule has 0 spiro atoms. The third-order valence-electron chi connectivity index (χ3n) is 2.01. The maximum absolute atomic E-state index is 11.2. The molecule has 0 aliphatic rings. The van der Waals surface area contributed by atoms with Gasteiger partial charge >= 0.3 is 5.97 Å². The van der Waals surface area contributed by atoms with Crippen LogP contribution in [0.25, 0.3) is 0 Å². The molecule has 0 aliphatic carbocycles. The number of sulfonamides is 1. The van der Waals surface area contributed by atoms with Gasteiger partial charge in [-0.2, -0.15) is 0 Å². The van der Waals surface area contributed by atoms with Gasteiger partial charge in [-0.1, -0.05) is 28.1 Å². The van der Waals surface area contributed by atoms with Crippen molar-refractivity contribution in [3.63, 3.8) is 0 Å². The lowest BCUT2D eigenvalue weighted by molar-refractivity contribution is 0.0600. The van der Waals surface area contributed by atoms with E-state index in [0.29, 0.717) is 5.56 Å². The maximum Gasteiger partial charge on any atom is 0.337 e. The lowest BCUT2D eigenvalue weighted by atomic mass is 10.1. The van der Waals surface area contributed by atoms with Gasteiger partial charge in [0.05, 0.1) is 12.7 Å². The molecule has 0 heterocycles. The number of halogens is 1. The minimum Gasteiger partial charge on any atom is -0.465 e. The maximum atomic E-state index is 11.2. The molecule has 0 aliphatic heterocycles. The van der Waals surface area contributed by atoms with E-state index >= 15 is 0 Å². The van der Waals surface area contributed by atoms with Crippen molar-refractivity contribution in [2.24, 2.45) is 0 Å². The summed E-state index contributed by atoms with van der Waals surface area (Å²) in [6.07, 6.45) is 0. The molecule has 7 heteroatoms. The molecule has 0 fully saturated rings. The van der Waals surface area contributed by atoms with Gasteiger partial charge in [-0.25, -0.2) is 17.9 Å². The number of hydrogen-bond acceptors (Lipinski definition) is 4. The van der Waals surface area contributed by atoms with Crippen LogP contribution in [0.3, 0.4) is 0 Å². The number of carbonyl (C=O) groups excluding carboxylic acids is 1. The van der Waals surface area contributed by atoms with Gasteiger partial charge in [0.1, 0.15) is 4.66 Å². The first-order valence-corrected chi connectivity index (χ1v) is 7.46. The first-order chi connectivity index (χ1) is 7.98. The Labute approximate surface area is 108 Å². The third-order valence-corrected chi connectivity index (χ3v) is 4.69. The molecule has 0 radical (unpaired) electrons. The van der Waals surface area contributed by atoms with E-state index in [9.17, 15) is 13.2 Å². The zero-order valence-electron chi connectivity index (χ0n) is 9.14. The molecule has 1 rings (SSSR count). The molecule has 0 atom stereocenters. The summed E-state index contributed by atoms with van der Waals surface area (Å²) in [7, 11) is -1.97.